The summed E-state index contributed by atoms with van der Waals surface area (Å²) in [6.45, 7) is 4.45. The Morgan fingerprint density at radius 3 is 2.35 bits per heavy atom. The maximum atomic E-state index is 10.2. The summed E-state index contributed by atoms with van der Waals surface area (Å²) < 4.78 is 1.22. The molecule has 0 fully saturated rings. The lowest BCUT2D eigenvalue weighted by molar-refractivity contribution is 0.139. The van der Waals surface area contributed by atoms with Crippen LogP contribution < -0.4 is 0 Å². The number of aliphatic hydroxyl groups is 1. The van der Waals surface area contributed by atoms with Gasteiger partial charge in [-0.1, -0.05) is 51.7 Å². The third kappa shape index (κ3) is 5.38. The summed E-state index contributed by atoms with van der Waals surface area (Å²) >= 11 is 2.29. The van der Waals surface area contributed by atoms with Gasteiger partial charge in [0.15, 0.2) is 0 Å². The first-order valence-corrected chi connectivity index (χ1v) is 7.68. The highest BCUT2D eigenvalue weighted by Gasteiger charge is 2.14. The van der Waals surface area contributed by atoms with Crippen LogP contribution in [-0.2, 0) is 0 Å². The Bertz CT molecular complexity index is 307. The molecule has 0 aliphatic heterocycles. The molecule has 1 rings (SSSR count). The van der Waals surface area contributed by atoms with Gasteiger partial charge in [0.25, 0.3) is 0 Å². The second-order valence-corrected chi connectivity index (χ2v) is 5.97. The van der Waals surface area contributed by atoms with Gasteiger partial charge in [0.05, 0.1) is 6.10 Å². The first kappa shape index (κ1) is 15.0. The highest BCUT2D eigenvalue weighted by molar-refractivity contribution is 14.1. The fourth-order valence-corrected chi connectivity index (χ4v) is 2.48. The van der Waals surface area contributed by atoms with E-state index in [4.69, 9.17) is 0 Å². The number of benzene rings is 1. The smallest absolute Gasteiger partial charge is 0.0792 e. The van der Waals surface area contributed by atoms with Crippen molar-refractivity contribution in [3.8, 4) is 0 Å². The molecule has 0 aliphatic carbocycles. The predicted molar refractivity (Wildman–Crippen MR) is 82.0 cm³/mol. The van der Waals surface area contributed by atoms with E-state index in [1.165, 1.54) is 29.3 Å². The van der Waals surface area contributed by atoms with E-state index in [0.29, 0.717) is 5.92 Å². The number of hydrogen-bond acceptors (Lipinski definition) is 1. The van der Waals surface area contributed by atoms with Gasteiger partial charge in [-0.05, 0) is 52.6 Å². The highest BCUT2D eigenvalue weighted by Crippen LogP contribution is 2.26. The number of aliphatic hydroxyl groups excluding tert-OH is 1. The first-order valence-electron chi connectivity index (χ1n) is 6.60. The van der Waals surface area contributed by atoms with Crippen LogP contribution in [0.5, 0.6) is 0 Å². The average molecular weight is 346 g/mol. The van der Waals surface area contributed by atoms with Crippen LogP contribution in [0.1, 0.15) is 57.6 Å². The standard InChI is InChI=1S/C15H23IO/c1-3-5-6-12(4-2)11-15(17)13-7-9-14(16)10-8-13/h7-10,12,15,17H,3-6,11H2,1-2H3. The van der Waals surface area contributed by atoms with Crippen molar-refractivity contribution in [1.82, 2.24) is 0 Å². The molecular weight excluding hydrogens is 323 g/mol. The molecule has 1 nitrogen and oxygen atoms in total. The van der Waals surface area contributed by atoms with E-state index in [1.807, 2.05) is 12.1 Å². The van der Waals surface area contributed by atoms with Crippen LogP contribution in [0, 0.1) is 9.49 Å². The minimum absolute atomic E-state index is 0.297. The molecule has 0 heterocycles. The highest BCUT2D eigenvalue weighted by atomic mass is 127. The summed E-state index contributed by atoms with van der Waals surface area (Å²) in [6.07, 6.45) is 5.54. The van der Waals surface area contributed by atoms with Gasteiger partial charge in [-0.3, -0.25) is 0 Å². The van der Waals surface area contributed by atoms with Crippen molar-refractivity contribution in [3.63, 3.8) is 0 Å². The Morgan fingerprint density at radius 2 is 1.82 bits per heavy atom. The van der Waals surface area contributed by atoms with Crippen molar-refractivity contribution < 1.29 is 5.11 Å². The Kier molecular flexibility index (Phi) is 7.12. The maximum absolute atomic E-state index is 10.2. The molecule has 0 spiro atoms. The second-order valence-electron chi connectivity index (χ2n) is 4.72. The van der Waals surface area contributed by atoms with E-state index in [-0.39, 0.29) is 6.10 Å². The molecule has 2 unspecified atom stereocenters. The van der Waals surface area contributed by atoms with E-state index in [9.17, 15) is 5.11 Å². The second kappa shape index (κ2) is 8.09. The fourth-order valence-electron chi connectivity index (χ4n) is 2.12. The molecule has 0 aromatic heterocycles. The molecule has 0 aliphatic rings. The van der Waals surface area contributed by atoms with Crippen molar-refractivity contribution in [2.24, 2.45) is 5.92 Å². The lowest BCUT2D eigenvalue weighted by Gasteiger charge is -2.19. The molecule has 0 amide bonds. The van der Waals surface area contributed by atoms with Gasteiger partial charge in [-0.2, -0.15) is 0 Å². The van der Waals surface area contributed by atoms with Crippen molar-refractivity contribution >= 4 is 22.6 Å². The van der Waals surface area contributed by atoms with Gasteiger partial charge in [-0.15, -0.1) is 0 Å². The molecule has 0 saturated carbocycles. The Labute approximate surface area is 119 Å². The monoisotopic (exact) mass is 346 g/mol. The van der Waals surface area contributed by atoms with Crippen LogP contribution in [0.2, 0.25) is 0 Å². The minimum atomic E-state index is -0.297. The minimum Gasteiger partial charge on any atom is -0.388 e. The molecule has 0 bridgehead atoms. The van der Waals surface area contributed by atoms with Gasteiger partial charge >= 0.3 is 0 Å². The Hall–Kier alpha value is -0.0900. The van der Waals surface area contributed by atoms with Crippen LogP contribution in [0.3, 0.4) is 0 Å². The molecular formula is C15H23IO. The largest absolute Gasteiger partial charge is 0.388 e. The van der Waals surface area contributed by atoms with Crippen LogP contribution in [0.25, 0.3) is 0 Å². The van der Waals surface area contributed by atoms with E-state index >= 15 is 0 Å². The molecule has 0 radical (unpaired) electrons. The van der Waals surface area contributed by atoms with Gasteiger partial charge in [0.2, 0.25) is 0 Å². The van der Waals surface area contributed by atoms with Crippen molar-refractivity contribution in [3.05, 3.63) is 33.4 Å². The lowest BCUT2D eigenvalue weighted by atomic mass is 9.91. The molecule has 1 N–H and O–H groups in total. The van der Waals surface area contributed by atoms with Crippen molar-refractivity contribution in [1.29, 1.82) is 0 Å². The maximum Gasteiger partial charge on any atom is 0.0792 e. The summed E-state index contributed by atoms with van der Waals surface area (Å²) in [5, 5.41) is 10.2. The van der Waals surface area contributed by atoms with E-state index in [1.54, 1.807) is 0 Å². The SMILES string of the molecule is CCCCC(CC)CC(O)c1ccc(I)cc1. The number of halogens is 1. The zero-order valence-electron chi connectivity index (χ0n) is 10.8. The fraction of sp³-hybridized carbons (Fsp3) is 0.600. The number of unbranched alkanes of at least 4 members (excludes halogenated alkanes) is 1. The third-order valence-corrected chi connectivity index (χ3v) is 4.07. The topological polar surface area (TPSA) is 20.2 Å². The summed E-state index contributed by atoms with van der Waals surface area (Å²) in [5.74, 6) is 0.657. The number of rotatable bonds is 7. The van der Waals surface area contributed by atoms with Crippen LogP contribution >= 0.6 is 22.6 Å². The molecule has 96 valence electrons. The van der Waals surface area contributed by atoms with Gasteiger partial charge in [-0.25, -0.2) is 0 Å². The van der Waals surface area contributed by atoms with Gasteiger partial charge in [0.1, 0.15) is 0 Å². The average Bonchev–Trinajstić information content (AvgIpc) is 2.35. The molecule has 17 heavy (non-hydrogen) atoms. The third-order valence-electron chi connectivity index (χ3n) is 3.35. The molecule has 1 aromatic rings. The van der Waals surface area contributed by atoms with Crippen molar-refractivity contribution in [2.75, 3.05) is 0 Å². The summed E-state index contributed by atoms with van der Waals surface area (Å²) in [5.41, 5.74) is 1.06. The predicted octanol–water partition coefficient (Wildman–Crippen LogP) is 4.93. The van der Waals surface area contributed by atoms with Gasteiger partial charge < -0.3 is 5.11 Å². The van der Waals surface area contributed by atoms with E-state index < -0.39 is 0 Å². The molecule has 2 heteroatoms. The van der Waals surface area contributed by atoms with E-state index in [2.05, 4.69) is 48.6 Å². The summed E-state index contributed by atoms with van der Waals surface area (Å²) in [4.78, 5) is 0. The zero-order chi connectivity index (χ0) is 12.7. The normalized spacial score (nSPS) is 14.6. The molecule has 0 saturated heterocycles. The first-order chi connectivity index (χ1) is 8.17. The van der Waals surface area contributed by atoms with Gasteiger partial charge in [0, 0.05) is 3.57 Å². The zero-order valence-corrected chi connectivity index (χ0v) is 13.0. The Balaban J connectivity index is 2.51. The van der Waals surface area contributed by atoms with Crippen LogP contribution in [-0.4, -0.2) is 5.11 Å². The van der Waals surface area contributed by atoms with Crippen molar-refractivity contribution in [2.45, 2.75) is 52.1 Å². The van der Waals surface area contributed by atoms with E-state index in [0.717, 1.165) is 12.0 Å². The quantitative estimate of drug-likeness (QED) is 0.694. The molecule has 1 aromatic carbocycles. The van der Waals surface area contributed by atoms with Crippen LogP contribution in [0.15, 0.2) is 24.3 Å². The molecule has 2 atom stereocenters. The Morgan fingerprint density at radius 1 is 1.18 bits per heavy atom. The summed E-state index contributed by atoms with van der Waals surface area (Å²) in [7, 11) is 0. The lowest BCUT2D eigenvalue weighted by Crippen LogP contribution is -2.07. The van der Waals surface area contributed by atoms with Crippen LogP contribution in [0.4, 0.5) is 0 Å². The summed E-state index contributed by atoms with van der Waals surface area (Å²) in [6, 6.07) is 8.20. The number of hydrogen-bond donors (Lipinski definition) is 1.